The number of thiazole rings is 2. The highest BCUT2D eigenvalue weighted by atomic mass is 32.1. The number of pyridine rings is 1. The van der Waals surface area contributed by atoms with Crippen LogP contribution >= 0.6 is 22.7 Å². The molecule has 0 aromatic carbocycles. The zero-order chi connectivity index (χ0) is 26.4. The highest BCUT2D eigenvalue weighted by Gasteiger charge is 2.31. The van der Waals surface area contributed by atoms with Gasteiger partial charge in [-0.25, -0.2) is 24.9 Å². The second kappa shape index (κ2) is 11.6. The number of rotatable bonds is 11. The van der Waals surface area contributed by atoms with E-state index in [1.165, 1.54) is 11.3 Å². The van der Waals surface area contributed by atoms with Crippen LogP contribution in [-0.4, -0.2) is 51.0 Å². The van der Waals surface area contributed by atoms with Crippen LogP contribution < -0.4 is 15.5 Å². The molecule has 4 aromatic rings. The zero-order valence-corrected chi connectivity index (χ0v) is 21.5. The molecule has 4 aromatic heterocycles. The molecule has 0 spiro atoms. The Morgan fingerprint density at radius 1 is 1.05 bits per heavy atom. The Kier molecular flexibility index (Phi) is 8.28. The Hall–Kier alpha value is -3.65. The number of hydrogen-bond acceptors (Lipinski definition) is 10. The Balaban J connectivity index is 1.38. The lowest BCUT2D eigenvalue weighted by atomic mass is 10.2. The molecule has 0 radical (unpaired) electrons. The first kappa shape index (κ1) is 26.4. The van der Waals surface area contributed by atoms with E-state index in [4.69, 9.17) is 0 Å². The summed E-state index contributed by atoms with van der Waals surface area (Å²) >= 11 is 3.09. The molecule has 0 saturated heterocycles. The van der Waals surface area contributed by atoms with Crippen molar-refractivity contribution in [1.29, 1.82) is 0 Å². The van der Waals surface area contributed by atoms with E-state index < -0.39 is 11.7 Å². The molecule has 0 fully saturated rings. The maximum absolute atomic E-state index is 12.8. The molecule has 0 aliphatic heterocycles. The molecule has 0 unspecified atom stereocenters. The first-order chi connectivity index (χ1) is 17.7. The number of alkyl halides is 3. The van der Waals surface area contributed by atoms with Crippen LogP contribution in [0.2, 0.25) is 0 Å². The van der Waals surface area contributed by atoms with Gasteiger partial charge in [-0.15, -0.1) is 22.7 Å². The van der Waals surface area contributed by atoms with Gasteiger partial charge in [0.15, 0.2) is 5.13 Å². The lowest BCUT2D eigenvalue weighted by Gasteiger charge is -2.22. The van der Waals surface area contributed by atoms with E-state index in [1.807, 2.05) is 31.4 Å². The molecule has 4 rings (SSSR count). The van der Waals surface area contributed by atoms with E-state index in [-0.39, 0.29) is 5.95 Å². The fraction of sp³-hybridized carbons (Fsp3) is 0.304. The van der Waals surface area contributed by atoms with Crippen LogP contribution in [-0.2, 0) is 17.4 Å². The molecule has 194 valence electrons. The Morgan fingerprint density at radius 2 is 1.84 bits per heavy atom. The molecule has 2 N–H and O–H groups in total. The Morgan fingerprint density at radius 3 is 2.46 bits per heavy atom. The van der Waals surface area contributed by atoms with Gasteiger partial charge in [-0.05, 0) is 31.9 Å². The van der Waals surface area contributed by atoms with E-state index in [1.54, 1.807) is 22.4 Å². The second-order valence-corrected chi connectivity index (χ2v) is 10.0. The van der Waals surface area contributed by atoms with Crippen LogP contribution in [0.1, 0.15) is 21.8 Å². The van der Waals surface area contributed by atoms with Crippen LogP contribution in [0.5, 0.6) is 0 Å². The van der Waals surface area contributed by atoms with Gasteiger partial charge in [-0.1, -0.05) is 6.07 Å². The lowest BCUT2D eigenvalue weighted by molar-refractivity contribution is -0.138. The minimum atomic E-state index is -4.51. The maximum atomic E-state index is 12.8. The van der Waals surface area contributed by atoms with Crippen molar-refractivity contribution in [2.24, 2.45) is 0 Å². The quantitative estimate of drug-likeness (QED) is 0.206. The minimum Gasteiger partial charge on any atom is -0.357 e. The number of halogens is 3. The van der Waals surface area contributed by atoms with Gasteiger partial charge >= 0.3 is 6.18 Å². The van der Waals surface area contributed by atoms with Gasteiger partial charge in [0.25, 0.3) is 0 Å². The maximum Gasteiger partial charge on any atom is 0.419 e. The van der Waals surface area contributed by atoms with Crippen molar-refractivity contribution in [1.82, 2.24) is 30.2 Å². The minimum absolute atomic E-state index is 0.151. The summed E-state index contributed by atoms with van der Waals surface area (Å²) in [5, 5.41) is 9.44. The van der Waals surface area contributed by atoms with Crippen LogP contribution in [0.15, 0.2) is 36.1 Å². The average molecular weight is 549 g/mol. The van der Waals surface area contributed by atoms with Crippen LogP contribution in [0.25, 0.3) is 10.6 Å². The number of nitrogens with one attached hydrogen (secondary N) is 2. The monoisotopic (exact) mass is 548 g/mol. The van der Waals surface area contributed by atoms with Crippen molar-refractivity contribution in [2.45, 2.75) is 26.4 Å². The first-order valence-electron chi connectivity index (χ1n) is 11.2. The van der Waals surface area contributed by atoms with Gasteiger partial charge in [0.05, 0.1) is 26.8 Å². The van der Waals surface area contributed by atoms with Gasteiger partial charge in [0, 0.05) is 43.6 Å². The van der Waals surface area contributed by atoms with Crippen molar-refractivity contribution in [2.75, 3.05) is 29.9 Å². The summed E-state index contributed by atoms with van der Waals surface area (Å²) < 4.78 is 38.5. The number of carbonyl (C=O) groups excluding carboxylic acids is 1. The zero-order valence-electron chi connectivity index (χ0n) is 19.9. The smallest absolute Gasteiger partial charge is 0.357 e. The fourth-order valence-corrected chi connectivity index (χ4v) is 5.09. The number of amides is 1. The van der Waals surface area contributed by atoms with E-state index in [0.29, 0.717) is 43.4 Å². The lowest BCUT2D eigenvalue weighted by Crippen LogP contribution is -2.34. The van der Waals surface area contributed by atoms with Crippen molar-refractivity contribution in [3.8, 4) is 10.6 Å². The SMILES string of the molecule is Cc1nc(C)c(-c2csc(Nc3ccc(CCN(CCNC=O)c4ncc(C(F)(F)F)cn4)cn3)n2)s1. The van der Waals surface area contributed by atoms with Crippen LogP contribution in [0.3, 0.4) is 0 Å². The van der Waals surface area contributed by atoms with E-state index >= 15 is 0 Å². The summed E-state index contributed by atoms with van der Waals surface area (Å²) in [6.45, 7) is 4.99. The number of nitrogens with zero attached hydrogens (tertiary/aromatic N) is 6. The van der Waals surface area contributed by atoms with Crippen LogP contribution in [0.4, 0.5) is 30.1 Å². The molecule has 37 heavy (non-hydrogen) atoms. The third-order valence-corrected chi connectivity index (χ3v) is 7.08. The topological polar surface area (TPSA) is 109 Å². The molecule has 0 atom stereocenters. The molecule has 9 nitrogen and oxygen atoms in total. The predicted octanol–water partition coefficient (Wildman–Crippen LogP) is 4.63. The summed E-state index contributed by atoms with van der Waals surface area (Å²) in [6, 6.07) is 3.75. The largest absolute Gasteiger partial charge is 0.419 e. The standard InChI is InChI=1S/C23H23F3N8OS2/c1-14-20(37-15(2)31-14)18-12-36-22(32-18)33-19-4-3-16(9-28-19)5-7-34(8-6-27-13-35)21-29-10-17(11-30-21)23(24,25)26/h3-4,9-13H,5-8H2,1-2H3,(H,27,35)(H,28,32,33). The molecule has 14 heteroatoms. The number of anilines is 3. The van der Waals surface area contributed by atoms with Gasteiger partial charge in [-0.3, -0.25) is 4.79 Å². The van der Waals surface area contributed by atoms with E-state index in [0.717, 1.165) is 39.2 Å². The molecule has 4 heterocycles. The van der Waals surface area contributed by atoms with E-state index in [2.05, 4.69) is 35.6 Å². The summed E-state index contributed by atoms with van der Waals surface area (Å²) in [4.78, 5) is 34.7. The van der Waals surface area contributed by atoms with Crippen molar-refractivity contribution in [3.63, 3.8) is 0 Å². The fourth-order valence-electron chi connectivity index (χ4n) is 3.43. The molecular weight excluding hydrogens is 525 g/mol. The van der Waals surface area contributed by atoms with E-state index in [9.17, 15) is 18.0 Å². The number of hydrogen-bond donors (Lipinski definition) is 2. The highest BCUT2D eigenvalue weighted by Crippen LogP contribution is 2.33. The van der Waals surface area contributed by atoms with Crippen LogP contribution in [0, 0.1) is 13.8 Å². The summed E-state index contributed by atoms with van der Waals surface area (Å²) in [6.07, 6.45) is -0.166. The Labute approximate surface area is 218 Å². The number of aryl methyl sites for hydroxylation is 2. The van der Waals surface area contributed by atoms with Crippen molar-refractivity contribution < 1.29 is 18.0 Å². The Bertz CT molecular complexity index is 1320. The summed E-state index contributed by atoms with van der Waals surface area (Å²) in [7, 11) is 0. The van der Waals surface area contributed by atoms with Crippen molar-refractivity contribution >= 4 is 46.0 Å². The third kappa shape index (κ3) is 6.98. The molecule has 0 bridgehead atoms. The number of aromatic nitrogens is 5. The summed E-state index contributed by atoms with van der Waals surface area (Å²) in [5.74, 6) is 0.790. The molecule has 0 aliphatic carbocycles. The molecule has 1 amide bonds. The predicted molar refractivity (Wildman–Crippen MR) is 137 cm³/mol. The second-order valence-electron chi connectivity index (χ2n) is 7.94. The average Bonchev–Trinajstić information content (AvgIpc) is 3.47. The molecule has 0 aliphatic rings. The van der Waals surface area contributed by atoms with Gasteiger partial charge < -0.3 is 15.5 Å². The highest BCUT2D eigenvalue weighted by molar-refractivity contribution is 7.16. The van der Waals surface area contributed by atoms with Gasteiger partial charge in [-0.2, -0.15) is 13.2 Å². The summed E-state index contributed by atoms with van der Waals surface area (Å²) in [5.41, 5.74) is 1.84. The van der Waals surface area contributed by atoms with Gasteiger partial charge in [0.2, 0.25) is 12.4 Å². The first-order valence-corrected chi connectivity index (χ1v) is 12.9. The normalized spacial score (nSPS) is 11.4. The molecule has 0 saturated carbocycles. The molecular formula is C23H23F3N8OS2. The van der Waals surface area contributed by atoms with Gasteiger partial charge in [0.1, 0.15) is 5.82 Å². The van der Waals surface area contributed by atoms with Crippen molar-refractivity contribution in [3.05, 3.63) is 57.9 Å². The number of carbonyl (C=O) groups is 1. The third-order valence-electron chi connectivity index (χ3n) is 5.23.